The van der Waals surface area contributed by atoms with E-state index in [1.54, 1.807) is 0 Å². The fourth-order valence-electron chi connectivity index (χ4n) is 3.52. The molecule has 0 saturated heterocycles. The number of Topliss-reactive ketones (excluding diaryl/α,β-unsaturated/α-hetero) is 1. The van der Waals surface area contributed by atoms with Crippen LogP contribution in [0.5, 0.6) is 0 Å². The first-order chi connectivity index (χ1) is 12.5. The van der Waals surface area contributed by atoms with Gasteiger partial charge in [-0.25, -0.2) is 4.39 Å². The van der Waals surface area contributed by atoms with Crippen molar-refractivity contribution in [3.63, 3.8) is 0 Å². The molecule has 0 bridgehead atoms. The Labute approximate surface area is 156 Å². The lowest BCUT2D eigenvalue weighted by Crippen LogP contribution is -2.41. The Morgan fingerprint density at radius 2 is 2.04 bits per heavy atom. The first kappa shape index (κ1) is 18.5. The summed E-state index contributed by atoms with van der Waals surface area (Å²) in [7, 11) is 0. The number of ketones is 1. The van der Waals surface area contributed by atoms with Gasteiger partial charge in [-0.15, -0.1) is 0 Å². The predicted molar refractivity (Wildman–Crippen MR) is 101 cm³/mol. The monoisotopic (exact) mass is 374 g/mol. The normalized spacial score (nSPS) is 19.5. The van der Waals surface area contributed by atoms with E-state index in [-0.39, 0.29) is 18.1 Å². The molecule has 1 atom stereocenters. The van der Waals surface area contributed by atoms with E-state index in [1.807, 2.05) is 30.3 Å². The van der Waals surface area contributed by atoms with Crippen molar-refractivity contribution in [3.8, 4) is 0 Å². The Morgan fingerprint density at radius 1 is 1.31 bits per heavy atom. The van der Waals surface area contributed by atoms with Crippen molar-refractivity contribution in [2.24, 2.45) is 5.10 Å². The maximum atomic E-state index is 14.4. The van der Waals surface area contributed by atoms with Crippen molar-refractivity contribution < 1.29 is 14.3 Å². The highest BCUT2D eigenvalue weighted by atomic mass is 35.5. The highest BCUT2D eigenvalue weighted by Crippen LogP contribution is 2.40. The maximum absolute atomic E-state index is 14.4. The number of rotatable bonds is 6. The molecule has 136 valence electrons. The first-order valence-corrected chi connectivity index (χ1v) is 8.85. The minimum Gasteiger partial charge on any atom is -0.396 e. The summed E-state index contributed by atoms with van der Waals surface area (Å²) in [6.45, 7) is 1.78. The zero-order valence-corrected chi connectivity index (χ0v) is 15.2. The topological polar surface area (TPSA) is 52.9 Å². The van der Waals surface area contributed by atoms with Gasteiger partial charge in [0.15, 0.2) is 5.78 Å². The minimum atomic E-state index is -0.704. The Bertz CT molecular complexity index is 841. The number of aliphatic hydroxyl groups excluding tert-OH is 1. The molecule has 0 aliphatic carbocycles. The number of halogens is 2. The van der Waals surface area contributed by atoms with Gasteiger partial charge in [0.25, 0.3) is 0 Å². The van der Waals surface area contributed by atoms with Crippen molar-refractivity contribution in [2.45, 2.75) is 25.2 Å². The van der Waals surface area contributed by atoms with Gasteiger partial charge in [0.2, 0.25) is 0 Å². The number of nitrogens with zero attached hydrogens (tertiary/aromatic N) is 2. The predicted octanol–water partition coefficient (Wildman–Crippen LogP) is 3.95. The van der Waals surface area contributed by atoms with Crippen LogP contribution in [0.2, 0.25) is 5.02 Å². The molecule has 6 heteroatoms. The zero-order chi connectivity index (χ0) is 18.7. The molecule has 26 heavy (non-hydrogen) atoms. The SMILES string of the molecule is CC(=O)C1=NN(c2cc(Cl)ccc2F)CC1(CCCO)c1ccccc1. The van der Waals surface area contributed by atoms with Crippen molar-refractivity contribution in [2.75, 3.05) is 18.2 Å². The Balaban J connectivity index is 2.11. The highest BCUT2D eigenvalue weighted by molar-refractivity contribution is 6.43. The molecular weight excluding hydrogens is 355 g/mol. The van der Waals surface area contributed by atoms with Gasteiger partial charge in [0, 0.05) is 18.6 Å². The summed E-state index contributed by atoms with van der Waals surface area (Å²) < 4.78 is 14.4. The second kappa shape index (κ2) is 7.56. The number of hydrogen-bond acceptors (Lipinski definition) is 4. The van der Waals surface area contributed by atoms with E-state index < -0.39 is 11.2 Å². The number of hydrazone groups is 1. The molecule has 0 spiro atoms. The van der Waals surface area contributed by atoms with E-state index in [0.717, 1.165) is 5.56 Å². The average molecular weight is 375 g/mol. The van der Waals surface area contributed by atoms with Crippen molar-refractivity contribution in [3.05, 3.63) is 64.9 Å². The molecule has 0 saturated carbocycles. The van der Waals surface area contributed by atoms with Crippen molar-refractivity contribution >= 4 is 28.8 Å². The molecule has 0 amide bonds. The van der Waals surface area contributed by atoms with Gasteiger partial charge in [-0.05, 0) is 36.6 Å². The lowest BCUT2D eigenvalue weighted by atomic mass is 9.72. The first-order valence-electron chi connectivity index (χ1n) is 8.47. The summed E-state index contributed by atoms with van der Waals surface area (Å²) in [5, 5.41) is 15.7. The van der Waals surface area contributed by atoms with E-state index in [4.69, 9.17) is 11.6 Å². The van der Waals surface area contributed by atoms with E-state index in [9.17, 15) is 14.3 Å². The lowest BCUT2D eigenvalue weighted by Gasteiger charge is -2.31. The standard InChI is InChI=1S/C20H20ClFN2O2/c1-14(26)19-20(10-5-11-25,15-6-3-2-4-7-15)13-24(23-19)18-12-16(21)8-9-17(18)22/h2-4,6-9,12,25H,5,10-11,13H2,1H3. The number of anilines is 1. The average Bonchev–Trinajstić information content (AvgIpc) is 3.04. The molecule has 2 aromatic carbocycles. The fraction of sp³-hybridized carbons (Fsp3) is 0.300. The van der Waals surface area contributed by atoms with Gasteiger partial charge in [-0.2, -0.15) is 5.10 Å². The number of carbonyl (C=O) groups is 1. The van der Waals surface area contributed by atoms with Crippen LogP contribution < -0.4 is 5.01 Å². The van der Waals surface area contributed by atoms with Crippen LogP contribution in [0.1, 0.15) is 25.3 Å². The molecule has 4 nitrogen and oxygen atoms in total. The molecule has 0 aromatic heterocycles. The molecule has 1 unspecified atom stereocenters. The molecule has 0 fully saturated rings. The molecule has 1 N–H and O–H groups in total. The van der Waals surface area contributed by atoms with Crippen LogP contribution in [0.25, 0.3) is 0 Å². The number of aliphatic hydroxyl groups is 1. The minimum absolute atomic E-state index is 0.00525. The van der Waals surface area contributed by atoms with Crippen LogP contribution in [-0.2, 0) is 10.2 Å². The second-order valence-corrected chi connectivity index (χ2v) is 6.87. The number of benzene rings is 2. The second-order valence-electron chi connectivity index (χ2n) is 6.43. The Hall–Kier alpha value is -2.24. The summed E-state index contributed by atoms with van der Waals surface area (Å²) in [5.41, 5.74) is 0.826. The highest BCUT2D eigenvalue weighted by Gasteiger charge is 2.46. The van der Waals surface area contributed by atoms with Gasteiger partial charge in [0.05, 0.1) is 17.6 Å². The van der Waals surface area contributed by atoms with Crippen molar-refractivity contribution in [1.29, 1.82) is 0 Å². The van der Waals surface area contributed by atoms with Gasteiger partial charge >= 0.3 is 0 Å². The van der Waals surface area contributed by atoms with E-state index in [2.05, 4.69) is 5.10 Å². The van der Waals surface area contributed by atoms with Gasteiger partial charge < -0.3 is 5.11 Å². The van der Waals surface area contributed by atoms with Crippen molar-refractivity contribution in [1.82, 2.24) is 0 Å². The molecule has 1 heterocycles. The summed E-state index contributed by atoms with van der Waals surface area (Å²) >= 11 is 6.02. The number of carbonyl (C=O) groups excluding carboxylic acids is 1. The zero-order valence-electron chi connectivity index (χ0n) is 14.5. The van der Waals surface area contributed by atoms with Crippen LogP contribution in [0.3, 0.4) is 0 Å². The van der Waals surface area contributed by atoms with Crippen LogP contribution in [0.15, 0.2) is 53.6 Å². The third kappa shape index (κ3) is 3.37. The van der Waals surface area contributed by atoms with E-state index in [1.165, 1.54) is 30.1 Å². The van der Waals surface area contributed by atoms with Crippen LogP contribution in [0, 0.1) is 5.82 Å². The Morgan fingerprint density at radius 3 is 2.69 bits per heavy atom. The van der Waals surface area contributed by atoms with E-state index >= 15 is 0 Å². The molecule has 0 radical (unpaired) electrons. The van der Waals surface area contributed by atoms with Crippen LogP contribution in [0.4, 0.5) is 10.1 Å². The quantitative estimate of drug-likeness (QED) is 0.832. The Kier molecular flexibility index (Phi) is 5.39. The summed E-state index contributed by atoms with van der Waals surface area (Å²) in [6, 6.07) is 13.8. The van der Waals surface area contributed by atoms with Gasteiger partial charge in [0.1, 0.15) is 11.5 Å². The lowest BCUT2D eigenvalue weighted by molar-refractivity contribution is -0.111. The summed E-state index contributed by atoms with van der Waals surface area (Å²) in [6.07, 6.45) is 1.04. The largest absolute Gasteiger partial charge is 0.396 e. The molecule has 3 rings (SSSR count). The maximum Gasteiger partial charge on any atom is 0.176 e. The molecule has 1 aliphatic rings. The van der Waals surface area contributed by atoms with E-state index in [0.29, 0.717) is 30.1 Å². The van der Waals surface area contributed by atoms with Gasteiger partial charge in [-0.1, -0.05) is 41.9 Å². The molecular formula is C20H20ClFN2O2. The van der Waals surface area contributed by atoms with Crippen LogP contribution in [-0.4, -0.2) is 29.8 Å². The third-order valence-corrected chi connectivity index (χ3v) is 4.94. The summed E-state index contributed by atoms with van der Waals surface area (Å²) in [4.78, 5) is 12.4. The summed E-state index contributed by atoms with van der Waals surface area (Å²) in [5.74, 6) is -0.621. The third-order valence-electron chi connectivity index (χ3n) is 4.70. The fourth-order valence-corrected chi connectivity index (χ4v) is 3.69. The van der Waals surface area contributed by atoms with Crippen LogP contribution >= 0.6 is 11.6 Å². The smallest absolute Gasteiger partial charge is 0.176 e. The molecule has 2 aromatic rings. The molecule has 1 aliphatic heterocycles. The van der Waals surface area contributed by atoms with Gasteiger partial charge in [-0.3, -0.25) is 9.80 Å². The number of hydrogen-bond donors (Lipinski definition) is 1.